The van der Waals surface area contributed by atoms with Crippen molar-refractivity contribution in [1.29, 1.82) is 0 Å². The Balaban J connectivity index is 1.94. The minimum atomic E-state index is -0.560. The topological polar surface area (TPSA) is 103 Å². The van der Waals surface area contributed by atoms with Crippen LogP contribution in [0.2, 0.25) is 5.02 Å². The van der Waals surface area contributed by atoms with Gasteiger partial charge in [0.05, 0.1) is 16.9 Å². The normalized spacial score (nSPS) is 22.2. The molecule has 0 saturated heterocycles. The Morgan fingerprint density at radius 2 is 2.25 bits per heavy atom. The molecule has 0 saturated carbocycles. The zero-order chi connectivity index (χ0) is 16.8. The number of hydrogen-bond acceptors (Lipinski definition) is 6. The highest BCUT2D eigenvalue weighted by Gasteiger charge is 2.42. The fourth-order valence-corrected chi connectivity index (χ4v) is 3.53. The van der Waals surface area contributed by atoms with E-state index in [4.69, 9.17) is 11.6 Å². The van der Waals surface area contributed by atoms with E-state index in [1.807, 2.05) is 6.08 Å². The number of benzene rings is 1. The Kier molecular flexibility index (Phi) is 3.34. The number of nitro groups is 1. The van der Waals surface area contributed by atoms with Crippen LogP contribution in [-0.4, -0.2) is 25.5 Å². The number of nitrogens with zero attached hydrogens (tertiary/aromatic N) is 4. The third-order valence-electron chi connectivity index (χ3n) is 4.35. The molecule has 1 aromatic carbocycles. The number of carbonyl (C=O) groups is 1. The summed E-state index contributed by atoms with van der Waals surface area (Å²) in [6.45, 7) is 0. The fraction of sp³-hybridized carbons (Fsp3) is 0.267. The first-order valence-corrected chi connectivity index (χ1v) is 7.77. The molecule has 0 amide bonds. The van der Waals surface area contributed by atoms with Crippen LogP contribution < -0.4 is 5.32 Å². The Hall–Kier alpha value is -2.74. The number of fused-ring (bicyclic) bond motifs is 2. The predicted octanol–water partition coefficient (Wildman–Crippen LogP) is 2.72. The van der Waals surface area contributed by atoms with Gasteiger partial charge in [-0.3, -0.25) is 14.9 Å². The zero-order valence-electron chi connectivity index (χ0n) is 12.3. The first-order chi connectivity index (χ1) is 11.6. The van der Waals surface area contributed by atoms with Crippen LogP contribution in [0.15, 0.2) is 36.3 Å². The summed E-state index contributed by atoms with van der Waals surface area (Å²) in [6, 6.07) is 3.66. The number of nitrogens with one attached hydrogen (secondary N) is 1. The second-order valence-corrected chi connectivity index (χ2v) is 6.11. The number of nitro benzene ring substituents is 1. The van der Waals surface area contributed by atoms with E-state index in [1.165, 1.54) is 24.5 Å². The van der Waals surface area contributed by atoms with E-state index in [2.05, 4.69) is 15.4 Å². The van der Waals surface area contributed by atoms with Gasteiger partial charge in [0.15, 0.2) is 0 Å². The predicted molar refractivity (Wildman–Crippen MR) is 85.7 cm³/mol. The number of Topliss-reactive ketones (excluding diaryl/α,β-unsaturated/α-hetero) is 1. The molecule has 2 aromatic rings. The van der Waals surface area contributed by atoms with Crippen LogP contribution in [0, 0.1) is 16.0 Å². The van der Waals surface area contributed by atoms with Crippen LogP contribution in [0.3, 0.4) is 0 Å². The molecule has 2 aliphatic rings. The average molecular weight is 346 g/mol. The van der Waals surface area contributed by atoms with Crippen molar-refractivity contribution in [3.63, 3.8) is 0 Å². The molecular weight excluding hydrogens is 334 g/mol. The van der Waals surface area contributed by atoms with Crippen molar-refractivity contribution in [2.45, 2.75) is 18.9 Å². The van der Waals surface area contributed by atoms with Crippen LogP contribution in [0.4, 0.5) is 11.6 Å². The molecule has 0 radical (unpaired) electrons. The van der Waals surface area contributed by atoms with Gasteiger partial charge < -0.3 is 5.32 Å². The van der Waals surface area contributed by atoms with E-state index in [-0.39, 0.29) is 11.5 Å². The van der Waals surface area contributed by atoms with E-state index < -0.39 is 16.9 Å². The molecule has 0 fully saturated rings. The maximum absolute atomic E-state index is 12.6. The number of halogens is 1. The largest absolute Gasteiger partial charge is 0.328 e. The molecule has 9 heteroatoms. The third kappa shape index (κ3) is 2.18. The number of ketones is 1. The van der Waals surface area contributed by atoms with Crippen LogP contribution in [0.25, 0.3) is 0 Å². The van der Waals surface area contributed by atoms with E-state index in [0.29, 0.717) is 29.4 Å². The summed E-state index contributed by atoms with van der Waals surface area (Å²) in [5.74, 6) is 0.0287. The van der Waals surface area contributed by atoms with Gasteiger partial charge in [0.1, 0.15) is 12.1 Å². The second kappa shape index (κ2) is 5.41. The maximum Gasteiger partial charge on any atom is 0.269 e. The molecule has 0 spiro atoms. The van der Waals surface area contributed by atoms with Crippen LogP contribution in [0.1, 0.15) is 24.4 Å². The number of hydrogen-bond donors (Lipinski definition) is 1. The number of rotatable bonds is 2. The van der Waals surface area contributed by atoms with Crippen LogP contribution in [-0.2, 0) is 4.79 Å². The molecule has 0 unspecified atom stereocenters. The first kappa shape index (κ1) is 14.8. The van der Waals surface area contributed by atoms with Gasteiger partial charge >= 0.3 is 0 Å². The first-order valence-electron chi connectivity index (χ1n) is 7.39. The average Bonchev–Trinajstić information content (AvgIpc) is 3.01. The van der Waals surface area contributed by atoms with E-state index in [1.54, 1.807) is 4.68 Å². The lowest BCUT2D eigenvalue weighted by Gasteiger charge is -2.36. The van der Waals surface area contributed by atoms with Gasteiger partial charge in [0.25, 0.3) is 5.69 Å². The van der Waals surface area contributed by atoms with Crippen LogP contribution >= 0.6 is 11.6 Å². The van der Waals surface area contributed by atoms with Gasteiger partial charge in [-0.15, -0.1) is 0 Å². The molecule has 4 rings (SSSR count). The molecule has 2 atom stereocenters. The zero-order valence-corrected chi connectivity index (χ0v) is 13.1. The molecule has 8 nitrogen and oxygen atoms in total. The van der Waals surface area contributed by atoms with Crippen molar-refractivity contribution in [3.05, 3.63) is 57.0 Å². The molecular formula is C15H12ClN5O3. The standard InChI is InChI=1S/C15H12ClN5O3/c16-10-5-4-8(21(23)24)6-9(10)14-13-11(2-1-3-12(13)22)19-15-17-7-18-20(14)15/h2,4-7,13-14H,1,3H2,(H,17,18,19)/t13-,14-/m1/s1. The molecule has 24 heavy (non-hydrogen) atoms. The van der Waals surface area contributed by atoms with Gasteiger partial charge in [-0.1, -0.05) is 17.7 Å². The van der Waals surface area contributed by atoms with Crippen molar-refractivity contribution in [1.82, 2.24) is 14.8 Å². The summed E-state index contributed by atoms with van der Waals surface area (Å²) in [5, 5.41) is 18.8. The highest BCUT2D eigenvalue weighted by atomic mass is 35.5. The lowest BCUT2D eigenvalue weighted by Crippen LogP contribution is -2.38. The van der Waals surface area contributed by atoms with E-state index >= 15 is 0 Å². The minimum Gasteiger partial charge on any atom is -0.328 e. The summed E-state index contributed by atoms with van der Waals surface area (Å²) >= 11 is 6.31. The van der Waals surface area contributed by atoms with Gasteiger partial charge in [-0.2, -0.15) is 10.1 Å². The minimum absolute atomic E-state index is 0.0497. The van der Waals surface area contributed by atoms with Crippen molar-refractivity contribution in [3.8, 4) is 0 Å². The van der Waals surface area contributed by atoms with Crippen LogP contribution in [0.5, 0.6) is 0 Å². The third-order valence-corrected chi connectivity index (χ3v) is 4.70. The summed E-state index contributed by atoms with van der Waals surface area (Å²) < 4.78 is 1.57. The van der Waals surface area contributed by atoms with Gasteiger partial charge in [-0.05, 0) is 12.5 Å². The summed E-state index contributed by atoms with van der Waals surface area (Å²) in [5.41, 5.74) is 1.16. The van der Waals surface area contributed by atoms with E-state index in [9.17, 15) is 14.9 Å². The molecule has 2 heterocycles. The van der Waals surface area contributed by atoms with Crippen molar-refractivity contribution in [2.24, 2.45) is 5.92 Å². The number of carbonyl (C=O) groups excluding carboxylic acids is 1. The molecule has 0 bridgehead atoms. The molecule has 1 aliphatic heterocycles. The fourth-order valence-electron chi connectivity index (χ4n) is 3.30. The Morgan fingerprint density at radius 1 is 1.42 bits per heavy atom. The van der Waals surface area contributed by atoms with Gasteiger partial charge in [0, 0.05) is 34.8 Å². The van der Waals surface area contributed by atoms with Crippen molar-refractivity contribution >= 4 is 29.0 Å². The van der Waals surface area contributed by atoms with Gasteiger partial charge in [-0.25, -0.2) is 4.68 Å². The molecule has 1 aromatic heterocycles. The summed E-state index contributed by atoms with van der Waals surface area (Å²) in [7, 11) is 0. The molecule has 1 N–H and O–H groups in total. The quantitative estimate of drug-likeness (QED) is 0.663. The monoisotopic (exact) mass is 345 g/mol. The number of non-ortho nitro benzene ring substituents is 1. The number of anilines is 1. The lowest BCUT2D eigenvalue weighted by molar-refractivity contribution is -0.384. The highest BCUT2D eigenvalue weighted by molar-refractivity contribution is 6.31. The Bertz CT molecular complexity index is 891. The van der Waals surface area contributed by atoms with Crippen molar-refractivity contribution < 1.29 is 9.72 Å². The van der Waals surface area contributed by atoms with Crippen molar-refractivity contribution in [2.75, 3.05) is 5.32 Å². The smallest absolute Gasteiger partial charge is 0.269 e. The number of allylic oxidation sites excluding steroid dienone is 2. The number of aromatic nitrogens is 3. The lowest BCUT2D eigenvalue weighted by atomic mass is 9.80. The molecule has 122 valence electrons. The summed E-state index contributed by atoms with van der Waals surface area (Å²) in [4.78, 5) is 27.3. The Labute approximate surface area is 141 Å². The summed E-state index contributed by atoms with van der Waals surface area (Å²) in [6.07, 6.45) is 4.41. The highest BCUT2D eigenvalue weighted by Crippen LogP contribution is 2.43. The SMILES string of the molecule is O=C1CCC=C2Nc3ncnn3[C@H](c3cc([N+](=O)[O-])ccc3Cl)[C@@H]12. The van der Waals surface area contributed by atoms with E-state index in [0.717, 1.165) is 5.70 Å². The Morgan fingerprint density at radius 3 is 3.04 bits per heavy atom. The maximum atomic E-state index is 12.6. The molecule has 1 aliphatic carbocycles. The van der Waals surface area contributed by atoms with Gasteiger partial charge in [0.2, 0.25) is 5.95 Å². The second-order valence-electron chi connectivity index (χ2n) is 5.70.